The van der Waals surface area contributed by atoms with Gasteiger partial charge in [0.2, 0.25) is 0 Å². The van der Waals surface area contributed by atoms with E-state index in [-0.39, 0.29) is 17.1 Å². The van der Waals surface area contributed by atoms with Crippen LogP contribution in [0.15, 0.2) is 54.7 Å². The summed E-state index contributed by atoms with van der Waals surface area (Å²) in [7, 11) is 0. The first-order valence-electron chi connectivity index (χ1n) is 10.4. The molecule has 30 heavy (non-hydrogen) atoms. The number of rotatable bonds is 8. The average Bonchev–Trinajstić information content (AvgIpc) is 3.09. The van der Waals surface area contributed by atoms with Gasteiger partial charge in [-0.1, -0.05) is 51.1 Å². The third-order valence-electron chi connectivity index (χ3n) is 5.23. The molecule has 3 N–H and O–H groups in total. The van der Waals surface area contributed by atoms with Crippen LogP contribution in [0.2, 0.25) is 0 Å². The van der Waals surface area contributed by atoms with Crippen molar-refractivity contribution < 1.29 is 8.78 Å². The first-order valence-corrected chi connectivity index (χ1v) is 10.4. The maximum atomic E-state index is 14.7. The van der Waals surface area contributed by atoms with Crippen LogP contribution in [-0.2, 0) is 6.54 Å². The number of nitrogens with two attached hydrogens (primary N) is 1. The normalized spacial score (nSPS) is 15.5. The third kappa shape index (κ3) is 5.37. The molecule has 1 aliphatic rings. The van der Waals surface area contributed by atoms with Gasteiger partial charge in [-0.15, -0.1) is 0 Å². The highest BCUT2D eigenvalue weighted by Crippen LogP contribution is 2.35. The van der Waals surface area contributed by atoms with Crippen LogP contribution in [0.4, 0.5) is 8.78 Å². The molecule has 3 rings (SSSR count). The van der Waals surface area contributed by atoms with Gasteiger partial charge in [-0.25, -0.2) is 8.78 Å². The molecule has 0 aliphatic carbocycles. The smallest absolute Gasteiger partial charge is 0.132 e. The van der Waals surface area contributed by atoms with E-state index in [9.17, 15) is 8.78 Å². The van der Waals surface area contributed by atoms with Crippen LogP contribution in [0.25, 0.3) is 5.70 Å². The van der Waals surface area contributed by atoms with E-state index < -0.39 is 11.6 Å². The van der Waals surface area contributed by atoms with Crippen LogP contribution < -0.4 is 11.1 Å². The zero-order valence-corrected chi connectivity index (χ0v) is 18.0. The van der Waals surface area contributed by atoms with Gasteiger partial charge < -0.3 is 15.5 Å². The molecule has 2 aromatic rings. The number of nitrogens with one attached hydrogen (secondary N) is 1. The van der Waals surface area contributed by atoms with E-state index in [1.807, 2.05) is 24.4 Å². The summed E-state index contributed by atoms with van der Waals surface area (Å²) < 4.78 is 28.7. The Morgan fingerprint density at radius 3 is 2.50 bits per heavy atom. The van der Waals surface area contributed by atoms with Gasteiger partial charge in [0.15, 0.2) is 0 Å². The van der Waals surface area contributed by atoms with Crippen molar-refractivity contribution in [3.8, 4) is 0 Å². The molecule has 0 saturated carbocycles. The molecule has 162 valence electrons. The summed E-state index contributed by atoms with van der Waals surface area (Å²) in [4.78, 5) is 4.27. The fraction of sp³-hybridized carbons (Fsp3) is 0.417. The zero-order valence-electron chi connectivity index (χ0n) is 18.0. The van der Waals surface area contributed by atoms with E-state index in [1.54, 1.807) is 0 Å². The molecule has 1 atom stereocenters. The van der Waals surface area contributed by atoms with E-state index >= 15 is 0 Å². The molecular formula is C24H32F2N4. The summed E-state index contributed by atoms with van der Waals surface area (Å²) in [6.45, 7) is 9.07. The van der Waals surface area contributed by atoms with Crippen molar-refractivity contribution >= 4 is 5.70 Å². The summed E-state index contributed by atoms with van der Waals surface area (Å²) in [6.07, 6.45) is 2.72. The maximum absolute atomic E-state index is 14.7. The molecule has 6 heteroatoms. The highest BCUT2D eigenvalue weighted by Gasteiger charge is 2.36. The van der Waals surface area contributed by atoms with Crippen LogP contribution in [0.1, 0.15) is 38.3 Å². The third-order valence-corrected chi connectivity index (χ3v) is 5.23. The number of nitrogens with zero attached hydrogens (tertiary/aromatic N) is 2. The highest BCUT2D eigenvalue weighted by molar-refractivity contribution is 5.66. The van der Waals surface area contributed by atoms with E-state index in [0.29, 0.717) is 25.5 Å². The molecule has 0 amide bonds. The zero-order chi connectivity index (χ0) is 21.7. The number of hydrogen-bond acceptors (Lipinski definition) is 4. The summed E-state index contributed by atoms with van der Waals surface area (Å²) in [5.74, 6) is -0.874. The lowest BCUT2D eigenvalue weighted by Crippen LogP contribution is -2.53. The second-order valence-electron chi connectivity index (χ2n) is 8.85. The van der Waals surface area contributed by atoms with Crippen LogP contribution in [0.3, 0.4) is 0 Å². The van der Waals surface area contributed by atoms with Crippen molar-refractivity contribution in [1.29, 1.82) is 0 Å². The lowest BCUT2D eigenvalue weighted by Gasteiger charge is -2.41. The first-order chi connectivity index (χ1) is 14.3. The van der Waals surface area contributed by atoms with Gasteiger partial charge in [-0.05, 0) is 48.7 Å². The average molecular weight is 415 g/mol. The molecule has 0 fully saturated rings. The molecule has 1 aliphatic heterocycles. The van der Waals surface area contributed by atoms with E-state index in [4.69, 9.17) is 5.73 Å². The number of benzene rings is 2. The van der Waals surface area contributed by atoms with Crippen molar-refractivity contribution in [3.63, 3.8) is 0 Å². The molecule has 4 nitrogen and oxygen atoms in total. The number of halogens is 2. The van der Waals surface area contributed by atoms with Crippen LogP contribution >= 0.6 is 0 Å². The highest BCUT2D eigenvalue weighted by atomic mass is 19.1. The molecule has 1 heterocycles. The Balaban J connectivity index is 1.96. The van der Waals surface area contributed by atoms with Gasteiger partial charge in [0.1, 0.15) is 11.6 Å². The second-order valence-corrected chi connectivity index (χ2v) is 8.85. The second kappa shape index (κ2) is 9.58. The van der Waals surface area contributed by atoms with Gasteiger partial charge in [0.05, 0.1) is 18.5 Å². The monoisotopic (exact) mass is 414 g/mol. The summed E-state index contributed by atoms with van der Waals surface area (Å²) in [6, 6.07) is 13.8. The lowest BCUT2D eigenvalue weighted by atomic mass is 9.90. The predicted octanol–water partition coefficient (Wildman–Crippen LogP) is 4.35. The van der Waals surface area contributed by atoms with E-state index in [2.05, 4.69) is 48.0 Å². The van der Waals surface area contributed by atoms with E-state index in [1.165, 1.54) is 12.1 Å². The Hall–Kier alpha value is -2.44. The van der Waals surface area contributed by atoms with Crippen molar-refractivity contribution in [1.82, 2.24) is 15.1 Å². The van der Waals surface area contributed by atoms with Crippen LogP contribution in [0, 0.1) is 17.0 Å². The van der Waals surface area contributed by atoms with Crippen molar-refractivity contribution in [2.75, 3.05) is 19.8 Å². The quantitative estimate of drug-likeness (QED) is 0.631. The molecule has 0 saturated heterocycles. The van der Waals surface area contributed by atoms with Gasteiger partial charge in [-0.3, -0.25) is 5.32 Å². The first kappa shape index (κ1) is 22.2. The van der Waals surface area contributed by atoms with E-state index in [0.717, 1.165) is 24.6 Å². The number of hydrogen-bond donors (Lipinski definition) is 2. The Morgan fingerprint density at radius 2 is 1.83 bits per heavy atom. The topological polar surface area (TPSA) is 44.5 Å². The SMILES string of the molecule is CC(C)(C)[C@H](NCCCN)N1CN(Cc2ccccc2)C=C1c1cc(F)ccc1F. The Bertz CT molecular complexity index is 861. The standard InChI is InChI=1S/C24H32F2N4/c1-24(2,3)23(28-13-7-12-27)30-17-29(15-18-8-5-4-6-9-18)16-22(30)20-14-19(25)10-11-21(20)26/h4-6,8-11,14,16,23,28H,7,12-13,15,17,27H2,1-3H3/t23-/m1/s1. The van der Waals surface area contributed by atoms with Gasteiger partial charge in [-0.2, -0.15) is 0 Å². The van der Waals surface area contributed by atoms with Crippen LogP contribution in [-0.4, -0.2) is 35.7 Å². The maximum Gasteiger partial charge on any atom is 0.132 e. The summed E-state index contributed by atoms with van der Waals surface area (Å²) in [5.41, 5.74) is 7.66. The molecule has 2 aromatic carbocycles. The lowest BCUT2D eigenvalue weighted by molar-refractivity contribution is 0.0990. The van der Waals surface area contributed by atoms with Crippen molar-refractivity contribution in [2.24, 2.45) is 11.1 Å². The molecule has 0 aromatic heterocycles. The molecule has 0 radical (unpaired) electrons. The molecule has 0 unspecified atom stereocenters. The Labute approximate surface area is 178 Å². The van der Waals surface area contributed by atoms with Gasteiger partial charge >= 0.3 is 0 Å². The largest absolute Gasteiger partial charge is 0.354 e. The minimum atomic E-state index is -0.447. The fourth-order valence-electron chi connectivity index (χ4n) is 3.84. The molecule has 0 spiro atoms. The minimum absolute atomic E-state index is 0.0706. The van der Waals surface area contributed by atoms with Crippen LogP contribution in [0.5, 0.6) is 0 Å². The molecular weight excluding hydrogens is 382 g/mol. The molecule has 0 bridgehead atoms. The minimum Gasteiger partial charge on any atom is -0.354 e. The Kier molecular flexibility index (Phi) is 7.10. The summed E-state index contributed by atoms with van der Waals surface area (Å²) >= 11 is 0. The van der Waals surface area contributed by atoms with Crippen molar-refractivity contribution in [3.05, 3.63) is 77.5 Å². The fourth-order valence-corrected chi connectivity index (χ4v) is 3.84. The Morgan fingerprint density at radius 1 is 1.10 bits per heavy atom. The van der Waals surface area contributed by atoms with Gasteiger partial charge in [0.25, 0.3) is 0 Å². The predicted molar refractivity (Wildman–Crippen MR) is 118 cm³/mol. The van der Waals surface area contributed by atoms with Crippen molar-refractivity contribution in [2.45, 2.75) is 39.9 Å². The van der Waals surface area contributed by atoms with Gasteiger partial charge in [0, 0.05) is 18.3 Å². The summed E-state index contributed by atoms with van der Waals surface area (Å²) in [5, 5.41) is 3.58.